The Hall–Kier alpha value is -3.95. The molecule has 0 saturated carbocycles. The molecule has 1 amide bonds. The first-order chi connectivity index (χ1) is 23.9. The molecule has 15 heteroatoms. The van der Waals surface area contributed by atoms with E-state index in [0.29, 0.717) is 37.4 Å². The Kier molecular flexibility index (Phi) is 11.9. The molecule has 0 aliphatic carbocycles. The van der Waals surface area contributed by atoms with Gasteiger partial charge in [0.15, 0.2) is 17.4 Å². The average molecular weight is 700 g/mol. The monoisotopic (exact) mass is 699 g/mol. The van der Waals surface area contributed by atoms with Gasteiger partial charge in [-0.05, 0) is 78.5 Å². The van der Waals surface area contributed by atoms with Gasteiger partial charge in [0, 0.05) is 57.3 Å². The molecule has 0 radical (unpaired) electrons. The van der Waals surface area contributed by atoms with Crippen molar-refractivity contribution in [2.45, 2.75) is 85.4 Å². The van der Waals surface area contributed by atoms with Crippen LogP contribution in [0.5, 0.6) is 11.6 Å². The van der Waals surface area contributed by atoms with E-state index < -0.39 is 34.1 Å². The van der Waals surface area contributed by atoms with Crippen molar-refractivity contribution in [1.82, 2.24) is 30.3 Å². The second kappa shape index (κ2) is 15.9. The van der Waals surface area contributed by atoms with E-state index in [1.807, 2.05) is 13.8 Å². The number of aromatic nitrogens is 3. The number of likely N-dealkylation sites (tertiary alicyclic amines) is 1. The molecule has 3 aromatic rings. The van der Waals surface area contributed by atoms with Crippen molar-refractivity contribution in [3.05, 3.63) is 44.6 Å². The molecular weight excluding hydrogens is 649 g/mol. The molecule has 2 fully saturated rings. The molecule has 1 aromatic carbocycles. The SMILES string of the molecule is CCN(C(=O)c1cc(F)c2oc(=O)c(=O)oc2c1Oc1nncnc1N1CCC2(C1)CN([C@@H](CCCNCC[C@H](C)OC)C(C)C)C2)C(C)C. The van der Waals surface area contributed by atoms with E-state index in [2.05, 4.69) is 51.1 Å². The van der Waals surface area contributed by atoms with Crippen LogP contribution >= 0.6 is 0 Å². The molecule has 14 nitrogen and oxygen atoms in total. The number of benzene rings is 1. The van der Waals surface area contributed by atoms with Gasteiger partial charge >= 0.3 is 11.3 Å². The minimum Gasteiger partial charge on any atom is -0.430 e. The highest BCUT2D eigenvalue weighted by Crippen LogP contribution is 2.45. The zero-order chi connectivity index (χ0) is 36.2. The van der Waals surface area contributed by atoms with E-state index in [1.54, 1.807) is 14.0 Å². The topological polar surface area (TPSA) is 156 Å². The Morgan fingerprint density at radius 2 is 1.80 bits per heavy atom. The zero-order valence-corrected chi connectivity index (χ0v) is 30.2. The van der Waals surface area contributed by atoms with E-state index in [0.717, 1.165) is 57.9 Å². The van der Waals surface area contributed by atoms with Gasteiger partial charge in [-0.15, -0.1) is 10.2 Å². The van der Waals surface area contributed by atoms with Crippen LogP contribution in [0.1, 0.15) is 77.6 Å². The predicted molar refractivity (Wildman–Crippen MR) is 185 cm³/mol. The number of carbonyl (C=O) groups excluding carboxylic acids is 1. The van der Waals surface area contributed by atoms with Crippen molar-refractivity contribution < 1.29 is 27.5 Å². The number of carbonyl (C=O) groups is 1. The van der Waals surface area contributed by atoms with Crippen LogP contribution in [0, 0.1) is 17.2 Å². The molecule has 2 atom stereocenters. The summed E-state index contributed by atoms with van der Waals surface area (Å²) in [7, 11) is 1.74. The van der Waals surface area contributed by atoms with Gasteiger partial charge in [0.2, 0.25) is 11.2 Å². The van der Waals surface area contributed by atoms with Crippen LogP contribution in [-0.2, 0) is 4.74 Å². The van der Waals surface area contributed by atoms with Crippen LogP contribution in [0.2, 0.25) is 0 Å². The largest absolute Gasteiger partial charge is 0.430 e. The third-order valence-electron chi connectivity index (χ3n) is 9.96. The molecule has 4 heterocycles. The molecular formula is C35H50FN7O7. The standard InChI is InChI=1S/C35H50FN7O7/c1-8-43(22(4)5)32(44)24-16-25(36)28-29(50-34(46)33(45)49-28)27(24)48-31-30(38-20-39-40-31)41-15-12-35(17-41)18-42(19-35)26(21(2)3)10-9-13-37-14-11-23(6)47-7/h16,20-23,26,37H,8-15,17-19H2,1-7H3/t23-,26-/m0/s1. The predicted octanol–water partition coefficient (Wildman–Crippen LogP) is 4.06. The number of nitrogens with zero attached hydrogens (tertiary/aromatic N) is 6. The summed E-state index contributed by atoms with van der Waals surface area (Å²) < 4.78 is 36.9. The third-order valence-corrected chi connectivity index (χ3v) is 9.96. The lowest BCUT2D eigenvalue weighted by Crippen LogP contribution is -2.62. The number of hydrogen-bond acceptors (Lipinski definition) is 13. The van der Waals surface area contributed by atoms with Crippen molar-refractivity contribution in [2.24, 2.45) is 11.3 Å². The molecule has 274 valence electrons. The highest BCUT2D eigenvalue weighted by atomic mass is 19.1. The van der Waals surface area contributed by atoms with E-state index in [9.17, 15) is 14.4 Å². The van der Waals surface area contributed by atoms with Gasteiger partial charge in [0.25, 0.3) is 11.8 Å². The van der Waals surface area contributed by atoms with Crippen LogP contribution in [-0.4, -0.2) is 102 Å². The maximum Gasteiger partial charge on any atom is 0.423 e. The quantitative estimate of drug-likeness (QED) is 0.169. The van der Waals surface area contributed by atoms with Gasteiger partial charge in [0.05, 0.1) is 11.7 Å². The fraction of sp³-hybridized carbons (Fsp3) is 0.657. The molecule has 2 aliphatic rings. The number of ether oxygens (including phenoxy) is 2. The van der Waals surface area contributed by atoms with Gasteiger partial charge in [0.1, 0.15) is 6.33 Å². The average Bonchev–Trinajstić information content (AvgIpc) is 3.52. The Labute approximate surface area is 291 Å². The van der Waals surface area contributed by atoms with Crippen LogP contribution in [0.3, 0.4) is 0 Å². The zero-order valence-electron chi connectivity index (χ0n) is 30.2. The normalized spacial score (nSPS) is 17.1. The fourth-order valence-electron chi connectivity index (χ4n) is 7.19. The number of methoxy groups -OCH3 is 1. The second-order valence-corrected chi connectivity index (χ2v) is 14.2. The van der Waals surface area contributed by atoms with Crippen molar-refractivity contribution >= 4 is 22.9 Å². The highest BCUT2D eigenvalue weighted by molar-refractivity contribution is 6.01. The first-order valence-corrected chi connectivity index (χ1v) is 17.6. The summed E-state index contributed by atoms with van der Waals surface area (Å²) in [4.78, 5) is 48.6. The lowest BCUT2D eigenvalue weighted by atomic mass is 9.76. The van der Waals surface area contributed by atoms with E-state index >= 15 is 4.39 Å². The summed E-state index contributed by atoms with van der Waals surface area (Å²) >= 11 is 0. The van der Waals surface area contributed by atoms with Gasteiger partial charge in [-0.3, -0.25) is 9.69 Å². The van der Waals surface area contributed by atoms with Crippen molar-refractivity contribution in [3.63, 3.8) is 0 Å². The lowest BCUT2D eigenvalue weighted by Gasteiger charge is -2.53. The maximum absolute atomic E-state index is 15.3. The molecule has 1 spiro atoms. The van der Waals surface area contributed by atoms with Gasteiger partial charge in [-0.2, -0.15) is 0 Å². The van der Waals surface area contributed by atoms with Crippen LogP contribution in [0.25, 0.3) is 11.2 Å². The summed E-state index contributed by atoms with van der Waals surface area (Å²) in [6.07, 6.45) is 5.73. The Morgan fingerprint density at radius 1 is 1.08 bits per heavy atom. The van der Waals surface area contributed by atoms with Crippen LogP contribution in [0.15, 0.2) is 30.8 Å². The number of hydrogen-bond donors (Lipinski definition) is 1. The minimum absolute atomic E-state index is 0.0587. The first-order valence-electron chi connectivity index (χ1n) is 17.6. The summed E-state index contributed by atoms with van der Waals surface area (Å²) in [6, 6.07) is 1.16. The van der Waals surface area contributed by atoms with E-state index in [-0.39, 0.29) is 34.8 Å². The minimum atomic E-state index is -1.39. The Balaban J connectivity index is 1.34. The van der Waals surface area contributed by atoms with E-state index in [4.69, 9.17) is 18.3 Å². The molecule has 1 N–H and O–H groups in total. The summed E-state index contributed by atoms with van der Waals surface area (Å²) in [5, 5.41) is 11.6. The molecule has 50 heavy (non-hydrogen) atoms. The first kappa shape index (κ1) is 37.3. The Bertz CT molecular complexity index is 1760. The number of halogens is 1. The fourth-order valence-corrected chi connectivity index (χ4v) is 7.19. The van der Waals surface area contributed by atoms with Crippen molar-refractivity contribution in [3.8, 4) is 11.6 Å². The number of fused-ring (bicyclic) bond motifs is 1. The molecule has 0 unspecified atom stereocenters. The van der Waals surface area contributed by atoms with Gasteiger partial charge in [-0.1, -0.05) is 13.8 Å². The van der Waals surface area contributed by atoms with E-state index in [1.165, 1.54) is 11.2 Å². The molecule has 2 aliphatic heterocycles. The van der Waals surface area contributed by atoms with Crippen molar-refractivity contribution in [1.29, 1.82) is 0 Å². The molecule has 0 bridgehead atoms. The smallest absolute Gasteiger partial charge is 0.423 e. The lowest BCUT2D eigenvalue weighted by molar-refractivity contribution is -0.0339. The van der Waals surface area contributed by atoms with Crippen LogP contribution < -0.4 is 26.2 Å². The van der Waals surface area contributed by atoms with Crippen molar-refractivity contribution in [2.75, 3.05) is 57.8 Å². The Morgan fingerprint density at radius 3 is 2.46 bits per heavy atom. The second-order valence-electron chi connectivity index (χ2n) is 14.2. The number of anilines is 1. The summed E-state index contributed by atoms with van der Waals surface area (Å²) in [5.74, 6) is -1.10. The summed E-state index contributed by atoms with van der Waals surface area (Å²) in [5.41, 5.74) is -4.10. The number of nitrogens with one attached hydrogen (secondary N) is 1. The highest BCUT2D eigenvalue weighted by Gasteiger charge is 2.50. The summed E-state index contributed by atoms with van der Waals surface area (Å²) in [6.45, 7) is 17.7. The molecule has 2 aromatic heterocycles. The molecule has 2 saturated heterocycles. The van der Waals surface area contributed by atoms with Gasteiger partial charge in [-0.25, -0.2) is 19.0 Å². The number of rotatable bonds is 16. The number of amides is 1. The molecule has 5 rings (SSSR count). The van der Waals surface area contributed by atoms with Gasteiger partial charge < -0.3 is 33.4 Å². The third kappa shape index (κ3) is 8.00. The van der Waals surface area contributed by atoms with Crippen LogP contribution in [0.4, 0.5) is 10.2 Å². The maximum atomic E-state index is 15.3.